The van der Waals surface area contributed by atoms with E-state index in [1.165, 1.54) is 47.8 Å². The summed E-state index contributed by atoms with van der Waals surface area (Å²) in [5.41, 5.74) is 5.13. The van der Waals surface area contributed by atoms with E-state index in [0.29, 0.717) is 4.88 Å². The lowest BCUT2D eigenvalue weighted by Crippen LogP contribution is -2.41. The molecule has 2 aromatic rings. The van der Waals surface area contributed by atoms with E-state index >= 15 is 0 Å². The second-order valence-electron chi connectivity index (χ2n) is 7.09. The van der Waals surface area contributed by atoms with Crippen LogP contribution in [0.2, 0.25) is 0 Å². The van der Waals surface area contributed by atoms with Crippen molar-refractivity contribution in [1.29, 1.82) is 0 Å². The number of hydrazine groups is 1. The Labute approximate surface area is 183 Å². The monoisotopic (exact) mass is 447 g/mol. The molecule has 0 saturated carbocycles. The standard InChI is InChI=1S/C21H25N3O6S/c1-3-30-17-11-14(15(24(27)28)12-16(17)29-2)20(25)22-23-21(26)19-10-13-8-6-4-5-7-9-18(13)31-19/h10-12H,3-9H2,1-2H3,(H,22,25)(H,23,26). The van der Waals surface area contributed by atoms with Gasteiger partial charge in [-0.05, 0) is 44.2 Å². The highest BCUT2D eigenvalue weighted by Gasteiger charge is 2.25. The Hall–Kier alpha value is -3.14. The van der Waals surface area contributed by atoms with Crippen molar-refractivity contribution in [3.8, 4) is 11.5 Å². The first kappa shape index (κ1) is 22.5. The molecule has 0 spiro atoms. The molecule has 0 saturated heterocycles. The maximum absolute atomic E-state index is 12.6. The van der Waals surface area contributed by atoms with Gasteiger partial charge in [0.1, 0.15) is 5.56 Å². The first-order valence-corrected chi connectivity index (χ1v) is 11.0. The van der Waals surface area contributed by atoms with Crippen LogP contribution in [-0.2, 0) is 12.8 Å². The number of aryl methyl sites for hydroxylation is 2. The maximum Gasteiger partial charge on any atom is 0.286 e. The third-order valence-electron chi connectivity index (χ3n) is 5.03. The molecule has 0 aliphatic heterocycles. The summed E-state index contributed by atoms with van der Waals surface area (Å²) in [6, 6.07) is 4.23. The average Bonchev–Trinajstić information content (AvgIpc) is 3.13. The van der Waals surface area contributed by atoms with Gasteiger partial charge in [0.2, 0.25) is 0 Å². The summed E-state index contributed by atoms with van der Waals surface area (Å²) in [5, 5.41) is 11.4. The summed E-state index contributed by atoms with van der Waals surface area (Å²) >= 11 is 1.43. The van der Waals surface area contributed by atoms with E-state index in [0.717, 1.165) is 31.7 Å². The Bertz CT molecular complexity index is 962. The molecule has 0 unspecified atom stereocenters. The van der Waals surface area contributed by atoms with Crippen LogP contribution in [0.25, 0.3) is 0 Å². The number of rotatable bonds is 6. The molecule has 0 bridgehead atoms. The van der Waals surface area contributed by atoms with Crippen molar-refractivity contribution >= 4 is 28.8 Å². The van der Waals surface area contributed by atoms with Crippen molar-refractivity contribution in [3.05, 3.63) is 49.2 Å². The quantitative estimate of drug-likeness (QED) is 0.513. The minimum atomic E-state index is -0.821. The minimum Gasteiger partial charge on any atom is -0.493 e. The molecule has 1 heterocycles. The number of nitro groups is 1. The van der Waals surface area contributed by atoms with Gasteiger partial charge >= 0.3 is 0 Å². The molecule has 166 valence electrons. The molecule has 3 rings (SSSR count). The predicted molar refractivity (Wildman–Crippen MR) is 116 cm³/mol. The second kappa shape index (κ2) is 10.3. The summed E-state index contributed by atoms with van der Waals surface area (Å²) < 4.78 is 10.5. The minimum absolute atomic E-state index is 0.144. The second-order valence-corrected chi connectivity index (χ2v) is 8.23. The number of ether oxygens (including phenoxy) is 2. The van der Waals surface area contributed by atoms with Crippen LogP contribution in [0, 0.1) is 10.1 Å². The third-order valence-corrected chi connectivity index (χ3v) is 6.27. The lowest BCUT2D eigenvalue weighted by Gasteiger charge is -2.12. The number of hydrogen-bond donors (Lipinski definition) is 2. The van der Waals surface area contributed by atoms with Crippen LogP contribution in [0.3, 0.4) is 0 Å². The third kappa shape index (κ3) is 5.32. The van der Waals surface area contributed by atoms with Crippen molar-refractivity contribution in [2.75, 3.05) is 13.7 Å². The fourth-order valence-electron chi connectivity index (χ4n) is 3.51. The van der Waals surface area contributed by atoms with Crippen LogP contribution in [-0.4, -0.2) is 30.5 Å². The molecular weight excluding hydrogens is 422 g/mol. The van der Waals surface area contributed by atoms with Gasteiger partial charge in [0.15, 0.2) is 11.5 Å². The molecule has 0 radical (unpaired) electrons. The van der Waals surface area contributed by atoms with E-state index in [1.807, 2.05) is 6.07 Å². The fraction of sp³-hybridized carbons (Fsp3) is 0.429. The van der Waals surface area contributed by atoms with E-state index in [1.54, 1.807) is 6.92 Å². The van der Waals surface area contributed by atoms with Gasteiger partial charge in [-0.2, -0.15) is 0 Å². The number of benzene rings is 1. The Balaban J connectivity index is 1.75. The number of nitrogens with zero attached hydrogens (tertiary/aromatic N) is 1. The molecule has 9 nitrogen and oxygen atoms in total. The highest BCUT2D eigenvalue weighted by Crippen LogP contribution is 2.34. The molecule has 0 atom stereocenters. The summed E-state index contributed by atoms with van der Waals surface area (Å²) in [6.45, 7) is 2.03. The number of nitro benzene ring substituents is 1. The first-order chi connectivity index (χ1) is 14.9. The molecule has 2 N–H and O–H groups in total. The van der Waals surface area contributed by atoms with Crippen LogP contribution >= 0.6 is 11.3 Å². The normalized spacial score (nSPS) is 13.4. The highest BCUT2D eigenvalue weighted by molar-refractivity contribution is 7.14. The van der Waals surface area contributed by atoms with Gasteiger partial charge in [-0.3, -0.25) is 30.6 Å². The zero-order chi connectivity index (χ0) is 22.4. The van der Waals surface area contributed by atoms with Gasteiger partial charge in [0.25, 0.3) is 17.5 Å². The summed E-state index contributed by atoms with van der Waals surface area (Å²) in [6.07, 6.45) is 6.50. The molecule has 1 aromatic carbocycles. The summed E-state index contributed by atoms with van der Waals surface area (Å²) in [7, 11) is 1.35. The van der Waals surface area contributed by atoms with Crippen LogP contribution < -0.4 is 20.3 Å². The SMILES string of the molecule is CCOc1cc(C(=O)NNC(=O)c2cc3c(s2)CCCCCC3)c([N+](=O)[O-])cc1OC. The van der Waals surface area contributed by atoms with Gasteiger partial charge in [-0.15, -0.1) is 11.3 Å². The molecule has 10 heteroatoms. The first-order valence-electron chi connectivity index (χ1n) is 10.2. The average molecular weight is 448 g/mol. The number of hydrogen-bond acceptors (Lipinski definition) is 7. The van der Waals surface area contributed by atoms with Crippen molar-refractivity contribution in [2.24, 2.45) is 0 Å². The van der Waals surface area contributed by atoms with Gasteiger partial charge < -0.3 is 9.47 Å². The summed E-state index contributed by atoms with van der Waals surface area (Å²) in [5.74, 6) is -0.930. The fourth-order valence-corrected chi connectivity index (χ4v) is 4.66. The van der Waals surface area contributed by atoms with Crippen molar-refractivity contribution < 1.29 is 24.0 Å². The van der Waals surface area contributed by atoms with Gasteiger partial charge in [0, 0.05) is 10.9 Å². The highest BCUT2D eigenvalue weighted by atomic mass is 32.1. The largest absolute Gasteiger partial charge is 0.493 e. The van der Waals surface area contributed by atoms with E-state index in [9.17, 15) is 19.7 Å². The molecule has 1 aromatic heterocycles. The Morgan fingerprint density at radius 2 is 1.77 bits per heavy atom. The number of thiophene rings is 1. The number of nitrogens with one attached hydrogen (secondary N) is 2. The molecule has 1 aliphatic carbocycles. The van der Waals surface area contributed by atoms with Gasteiger partial charge in [0.05, 0.1) is 29.6 Å². The van der Waals surface area contributed by atoms with E-state index in [4.69, 9.17) is 9.47 Å². The lowest BCUT2D eigenvalue weighted by atomic mass is 10.00. The van der Waals surface area contributed by atoms with Crippen molar-refractivity contribution in [3.63, 3.8) is 0 Å². The molecule has 31 heavy (non-hydrogen) atoms. The van der Waals surface area contributed by atoms with E-state index < -0.39 is 22.4 Å². The maximum atomic E-state index is 12.6. The number of carbonyl (C=O) groups excluding carboxylic acids is 2. The number of carbonyl (C=O) groups is 2. The Morgan fingerprint density at radius 3 is 2.45 bits per heavy atom. The zero-order valence-corrected chi connectivity index (χ0v) is 18.3. The van der Waals surface area contributed by atoms with Gasteiger partial charge in [-0.1, -0.05) is 12.8 Å². The number of amides is 2. The topological polar surface area (TPSA) is 120 Å². The predicted octanol–water partition coefficient (Wildman–Crippen LogP) is 3.80. The van der Waals surface area contributed by atoms with Crippen molar-refractivity contribution in [1.82, 2.24) is 10.9 Å². The van der Waals surface area contributed by atoms with E-state index in [2.05, 4.69) is 10.9 Å². The molecule has 2 amide bonds. The smallest absolute Gasteiger partial charge is 0.286 e. The Morgan fingerprint density at radius 1 is 1.06 bits per heavy atom. The number of methoxy groups -OCH3 is 1. The molecule has 1 aliphatic rings. The van der Waals surface area contributed by atoms with Crippen LogP contribution in [0.15, 0.2) is 18.2 Å². The summed E-state index contributed by atoms with van der Waals surface area (Å²) in [4.78, 5) is 37.7. The van der Waals surface area contributed by atoms with Crippen LogP contribution in [0.5, 0.6) is 11.5 Å². The number of fused-ring (bicyclic) bond motifs is 1. The van der Waals surface area contributed by atoms with Crippen LogP contribution in [0.4, 0.5) is 5.69 Å². The van der Waals surface area contributed by atoms with E-state index in [-0.39, 0.29) is 23.7 Å². The van der Waals surface area contributed by atoms with Gasteiger partial charge in [-0.25, -0.2) is 0 Å². The molecular formula is C21H25N3O6S. The van der Waals surface area contributed by atoms with Crippen LogP contribution in [0.1, 0.15) is 63.1 Å². The Kier molecular flexibility index (Phi) is 7.45. The zero-order valence-electron chi connectivity index (χ0n) is 17.5. The van der Waals surface area contributed by atoms with Crippen molar-refractivity contribution in [2.45, 2.75) is 45.4 Å². The molecule has 0 fully saturated rings. The lowest BCUT2D eigenvalue weighted by molar-refractivity contribution is -0.385.